The first-order chi connectivity index (χ1) is 5.61. The summed E-state index contributed by atoms with van der Waals surface area (Å²) >= 11 is 0. The van der Waals surface area contributed by atoms with Crippen LogP contribution in [-0.2, 0) is 0 Å². The summed E-state index contributed by atoms with van der Waals surface area (Å²) in [6.45, 7) is 8.57. The summed E-state index contributed by atoms with van der Waals surface area (Å²) in [4.78, 5) is 0. The van der Waals surface area contributed by atoms with Crippen molar-refractivity contribution in [3.8, 4) is 0 Å². The van der Waals surface area contributed by atoms with E-state index in [4.69, 9.17) is 0 Å². The summed E-state index contributed by atoms with van der Waals surface area (Å²) in [5.41, 5.74) is 5.38. The van der Waals surface area contributed by atoms with Gasteiger partial charge in [-0.05, 0) is 50.0 Å². The lowest BCUT2D eigenvalue weighted by molar-refractivity contribution is 1.31. The average Bonchev–Trinajstić information content (AvgIpc) is 2.07. The monoisotopic (exact) mass is 160 g/mol. The second kappa shape index (κ2) is 3.57. The van der Waals surface area contributed by atoms with Crippen molar-refractivity contribution in [1.82, 2.24) is 0 Å². The zero-order valence-electron chi connectivity index (χ0n) is 8.31. The van der Waals surface area contributed by atoms with Crippen molar-refractivity contribution in [2.75, 3.05) is 0 Å². The van der Waals surface area contributed by atoms with E-state index in [1.165, 1.54) is 22.3 Å². The van der Waals surface area contributed by atoms with Crippen LogP contribution in [0.2, 0.25) is 0 Å². The van der Waals surface area contributed by atoms with Crippen molar-refractivity contribution in [2.24, 2.45) is 0 Å². The van der Waals surface area contributed by atoms with E-state index >= 15 is 0 Å². The van der Waals surface area contributed by atoms with Crippen LogP contribution in [0.5, 0.6) is 0 Å². The Morgan fingerprint density at radius 3 is 0.833 bits per heavy atom. The number of allylic oxidation sites excluding steroid dienone is 8. The molecule has 1 rings (SSSR count). The average molecular weight is 160 g/mol. The van der Waals surface area contributed by atoms with Crippen LogP contribution in [0.15, 0.2) is 46.6 Å². The van der Waals surface area contributed by atoms with Crippen LogP contribution in [0.25, 0.3) is 0 Å². The Morgan fingerprint density at radius 1 is 0.500 bits per heavy atom. The molecule has 0 bridgehead atoms. The van der Waals surface area contributed by atoms with Gasteiger partial charge in [-0.25, -0.2) is 0 Å². The van der Waals surface area contributed by atoms with Gasteiger partial charge in [0, 0.05) is 0 Å². The minimum Gasteiger partial charge on any atom is -0.0588 e. The third kappa shape index (κ3) is 1.97. The molecule has 64 valence electrons. The molecule has 1 aliphatic carbocycles. The van der Waals surface area contributed by atoms with Crippen molar-refractivity contribution < 1.29 is 0 Å². The minimum absolute atomic E-state index is 1.35. The highest BCUT2D eigenvalue weighted by Crippen LogP contribution is 2.15. The van der Waals surface area contributed by atoms with Gasteiger partial charge in [0.25, 0.3) is 0 Å². The summed E-state index contributed by atoms with van der Waals surface area (Å²) in [6, 6.07) is 0. The summed E-state index contributed by atoms with van der Waals surface area (Å²) < 4.78 is 0. The topological polar surface area (TPSA) is 0 Å². The van der Waals surface area contributed by atoms with Gasteiger partial charge in [-0.3, -0.25) is 0 Å². The molecule has 0 heteroatoms. The smallest absolute Gasteiger partial charge is 0.0395 e. The second-order valence-corrected chi connectivity index (χ2v) is 3.40. The van der Waals surface area contributed by atoms with E-state index in [-0.39, 0.29) is 0 Å². The maximum absolute atomic E-state index is 2.18. The van der Waals surface area contributed by atoms with Crippen LogP contribution in [0.4, 0.5) is 0 Å². The third-order valence-electron chi connectivity index (χ3n) is 2.41. The van der Waals surface area contributed by atoms with Gasteiger partial charge >= 0.3 is 0 Å². The summed E-state index contributed by atoms with van der Waals surface area (Å²) in [5.74, 6) is 0. The molecular weight excluding hydrogens is 144 g/mol. The van der Waals surface area contributed by atoms with Gasteiger partial charge in [0.15, 0.2) is 0 Å². The third-order valence-corrected chi connectivity index (χ3v) is 2.41. The molecule has 0 aromatic rings. The fourth-order valence-corrected chi connectivity index (χ4v) is 1.03. The molecule has 0 radical (unpaired) electrons. The Morgan fingerprint density at radius 2 is 0.667 bits per heavy atom. The van der Waals surface area contributed by atoms with Gasteiger partial charge in [-0.2, -0.15) is 0 Å². The molecule has 0 amide bonds. The Balaban J connectivity index is 3.09. The normalized spacial score (nSPS) is 35.7. The summed E-state index contributed by atoms with van der Waals surface area (Å²) in [5, 5.41) is 0. The van der Waals surface area contributed by atoms with Crippen LogP contribution < -0.4 is 0 Å². The van der Waals surface area contributed by atoms with Crippen molar-refractivity contribution >= 4 is 0 Å². The van der Waals surface area contributed by atoms with Gasteiger partial charge in [0.05, 0.1) is 0 Å². The van der Waals surface area contributed by atoms with Crippen LogP contribution in [-0.4, -0.2) is 0 Å². The molecule has 0 unspecified atom stereocenters. The van der Waals surface area contributed by atoms with E-state index in [2.05, 4.69) is 52.0 Å². The van der Waals surface area contributed by atoms with Gasteiger partial charge in [-0.15, -0.1) is 0 Å². The largest absolute Gasteiger partial charge is 0.0588 e. The van der Waals surface area contributed by atoms with Gasteiger partial charge in [-0.1, -0.05) is 24.3 Å². The Labute approximate surface area is 75.0 Å². The van der Waals surface area contributed by atoms with Gasteiger partial charge in [0.2, 0.25) is 0 Å². The van der Waals surface area contributed by atoms with E-state index in [9.17, 15) is 0 Å². The summed E-state index contributed by atoms with van der Waals surface area (Å²) in [6.07, 6.45) is 8.71. The SMILES string of the molecule is CC1=C(C)/C=C\C(C)=C(C)/C=C\1. The molecule has 12 heavy (non-hydrogen) atoms. The van der Waals surface area contributed by atoms with Crippen LogP contribution >= 0.6 is 0 Å². The Kier molecular flexibility index (Phi) is 2.69. The van der Waals surface area contributed by atoms with Gasteiger partial charge in [0.1, 0.15) is 0 Å². The van der Waals surface area contributed by atoms with E-state index in [0.717, 1.165) is 0 Å². The van der Waals surface area contributed by atoms with E-state index in [1.54, 1.807) is 0 Å². The van der Waals surface area contributed by atoms with E-state index in [1.807, 2.05) is 0 Å². The standard InChI is InChI=1S/C12H16/c1-9-5-6-11(3)12(4)8-7-10(9)2/h5-8H,1-4H3/b6-5-,8-7-,9-5?,10-7?,10-9-,11-6?,12-8?,12-11-. The maximum Gasteiger partial charge on any atom is -0.0395 e. The van der Waals surface area contributed by atoms with Crippen molar-refractivity contribution in [1.29, 1.82) is 0 Å². The van der Waals surface area contributed by atoms with Crippen LogP contribution in [0.3, 0.4) is 0 Å². The first-order valence-electron chi connectivity index (χ1n) is 4.32. The molecule has 0 aromatic heterocycles. The fraction of sp³-hybridized carbons (Fsp3) is 0.333. The zero-order chi connectivity index (χ0) is 9.14. The highest BCUT2D eigenvalue weighted by molar-refractivity contribution is 5.41. The Bertz CT molecular complexity index is 236. The molecule has 0 fully saturated rings. The molecule has 0 spiro atoms. The van der Waals surface area contributed by atoms with E-state index < -0.39 is 0 Å². The quantitative estimate of drug-likeness (QED) is 0.506. The van der Waals surface area contributed by atoms with Crippen molar-refractivity contribution in [3.63, 3.8) is 0 Å². The Hall–Kier alpha value is -1.04. The minimum atomic E-state index is 1.35. The van der Waals surface area contributed by atoms with Crippen LogP contribution in [0.1, 0.15) is 27.7 Å². The number of rotatable bonds is 0. The molecule has 1 aliphatic rings. The molecular formula is C12H16. The highest BCUT2D eigenvalue weighted by Gasteiger charge is 1.95. The van der Waals surface area contributed by atoms with Gasteiger partial charge < -0.3 is 0 Å². The lowest BCUT2D eigenvalue weighted by Crippen LogP contribution is -1.83. The number of hydrogen-bond acceptors (Lipinski definition) is 0. The highest BCUT2D eigenvalue weighted by atomic mass is 14.0. The second-order valence-electron chi connectivity index (χ2n) is 3.40. The first kappa shape index (κ1) is 9.05. The lowest BCUT2D eigenvalue weighted by Gasteiger charge is -2.04. The van der Waals surface area contributed by atoms with Crippen LogP contribution in [0, 0.1) is 0 Å². The predicted molar refractivity (Wildman–Crippen MR) is 55.0 cm³/mol. The molecule has 0 atom stereocenters. The lowest BCUT2D eigenvalue weighted by atomic mass is 10.0. The maximum atomic E-state index is 2.18. The predicted octanol–water partition coefficient (Wildman–Crippen LogP) is 3.79. The van der Waals surface area contributed by atoms with Crippen molar-refractivity contribution in [3.05, 3.63) is 46.6 Å². The molecule has 0 saturated carbocycles. The molecule has 0 aromatic carbocycles. The molecule has 0 aliphatic heterocycles. The summed E-state index contributed by atoms with van der Waals surface area (Å²) in [7, 11) is 0. The fourth-order valence-electron chi connectivity index (χ4n) is 1.03. The molecule has 0 N–H and O–H groups in total. The molecule has 0 heterocycles. The zero-order valence-corrected chi connectivity index (χ0v) is 8.31. The molecule has 0 saturated heterocycles. The van der Waals surface area contributed by atoms with E-state index in [0.29, 0.717) is 0 Å². The number of hydrogen-bond donors (Lipinski definition) is 0. The van der Waals surface area contributed by atoms with Crippen molar-refractivity contribution in [2.45, 2.75) is 27.7 Å². The first-order valence-corrected chi connectivity index (χ1v) is 4.32. The molecule has 0 nitrogen and oxygen atoms in total.